The zero-order chi connectivity index (χ0) is 20.4. The van der Waals surface area contributed by atoms with Gasteiger partial charge in [0.05, 0.1) is 0 Å². The summed E-state index contributed by atoms with van der Waals surface area (Å²) in [5, 5.41) is 12.7. The first-order chi connectivity index (χ1) is 13.2. The van der Waals surface area contributed by atoms with E-state index in [9.17, 15) is 18.0 Å². The summed E-state index contributed by atoms with van der Waals surface area (Å²) < 4.78 is 42.0. The van der Waals surface area contributed by atoms with Crippen molar-refractivity contribution in [3.8, 4) is 11.8 Å². The lowest BCUT2D eigenvalue weighted by Crippen LogP contribution is -2.47. The Bertz CT molecular complexity index is 888. The minimum absolute atomic E-state index is 0.00171. The van der Waals surface area contributed by atoms with Crippen LogP contribution in [0.3, 0.4) is 0 Å². The molecule has 0 spiro atoms. The second-order valence-corrected chi connectivity index (χ2v) is 6.89. The Morgan fingerprint density at radius 2 is 2.07 bits per heavy atom. The highest BCUT2D eigenvalue weighted by atomic mass is 19.4. The molecule has 1 aliphatic rings. The van der Waals surface area contributed by atoms with Gasteiger partial charge < -0.3 is 9.64 Å². The van der Waals surface area contributed by atoms with Gasteiger partial charge in [0.1, 0.15) is 24.7 Å². The topological polar surface area (TPSA) is 84.0 Å². The second-order valence-electron chi connectivity index (χ2n) is 6.89. The van der Waals surface area contributed by atoms with Crippen molar-refractivity contribution in [3.05, 3.63) is 42.0 Å². The minimum Gasteiger partial charge on any atom is -0.406 e. The zero-order valence-electron chi connectivity index (χ0n) is 15.1. The molecule has 2 heterocycles. The van der Waals surface area contributed by atoms with E-state index in [1.54, 1.807) is 17.0 Å². The van der Waals surface area contributed by atoms with Crippen LogP contribution in [0, 0.1) is 11.3 Å². The van der Waals surface area contributed by atoms with E-state index in [0.717, 1.165) is 18.4 Å². The maximum absolute atomic E-state index is 12.7. The zero-order valence-corrected chi connectivity index (χ0v) is 15.1. The quantitative estimate of drug-likeness (QED) is 0.780. The molecular weight excluding hydrogens is 375 g/mol. The van der Waals surface area contributed by atoms with Crippen molar-refractivity contribution in [1.82, 2.24) is 19.7 Å². The molecule has 0 radical (unpaired) electrons. The molecule has 1 aromatic carbocycles. The summed E-state index contributed by atoms with van der Waals surface area (Å²) in [5.74, 6) is -0.426. The van der Waals surface area contributed by atoms with Crippen molar-refractivity contribution in [2.45, 2.75) is 44.6 Å². The Hall–Kier alpha value is -3.09. The minimum atomic E-state index is -4.73. The van der Waals surface area contributed by atoms with E-state index in [4.69, 9.17) is 5.26 Å². The summed E-state index contributed by atoms with van der Waals surface area (Å²) in [5.41, 5.74) is 0.353. The molecule has 1 fully saturated rings. The number of carbonyl (C=O) groups is 1. The lowest BCUT2D eigenvalue weighted by Gasteiger charge is -2.35. The Morgan fingerprint density at radius 1 is 1.36 bits per heavy atom. The van der Waals surface area contributed by atoms with Crippen LogP contribution in [0.2, 0.25) is 0 Å². The Kier molecular flexibility index (Phi) is 5.27. The van der Waals surface area contributed by atoms with Crippen molar-refractivity contribution < 1.29 is 22.7 Å². The molecule has 1 aromatic heterocycles. The van der Waals surface area contributed by atoms with Gasteiger partial charge in [-0.1, -0.05) is 12.1 Å². The monoisotopic (exact) mass is 393 g/mol. The molecule has 1 saturated heterocycles. The van der Waals surface area contributed by atoms with E-state index >= 15 is 0 Å². The third-order valence-corrected chi connectivity index (χ3v) is 4.73. The third-order valence-electron chi connectivity index (χ3n) is 4.73. The lowest BCUT2D eigenvalue weighted by atomic mass is 9.90. The molecule has 28 heavy (non-hydrogen) atoms. The molecule has 148 valence electrons. The Labute approximate surface area is 159 Å². The molecule has 0 N–H and O–H groups in total. The van der Waals surface area contributed by atoms with Crippen LogP contribution < -0.4 is 4.74 Å². The summed E-state index contributed by atoms with van der Waals surface area (Å²) >= 11 is 0. The second kappa shape index (κ2) is 7.50. The van der Waals surface area contributed by atoms with Gasteiger partial charge >= 0.3 is 6.36 Å². The number of carbonyl (C=O) groups excluding carboxylic acids is 1. The number of halogens is 3. The van der Waals surface area contributed by atoms with Crippen LogP contribution in [-0.4, -0.2) is 44.0 Å². The number of hydrogen-bond acceptors (Lipinski definition) is 5. The van der Waals surface area contributed by atoms with Crippen molar-refractivity contribution in [1.29, 1.82) is 5.26 Å². The molecule has 1 atom stereocenters. The van der Waals surface area contributed by atoms with Crippen LogP contribution in [0.15, 0.2) is 30.6 Å². The maximum atomic E-state index is 12.7. The van der Waals surface area contributed by atoms with E-state index < -0.39 is 11.9 Å². The normalized spacial score (nSPS) is 19.5. The smallest absolute Gasteiger partial charge is 0.406 e. The van der Waals surface area contributed by atoms with Gasteiger partial charge in [-0.05, 0) is 43.9 Å². The number of hydrogen-bond donors (Lipinski definition) is 0. The number of ether oxygens (including phenoxy) is 1. The maximum Gasteiger partial charge on any atom is 0.573 e. The molecule has 7 nitrogen and oxygen atoms in total. The van der Waals surface area contributed by atoms with Crippen LogP contribution >= 0.6 is 0 Å². The van der Waals surface area contributed by atoms with Crippen molar-refractivity contribution in [2.75, 3.05) is 6.54 Å². The van der Waals surface area contributed by atoms with E-state index in [0.29, 0.717) is 13.0 Å². The van der Waals surface area contributed by atoms with Crippen LogP contribution in [0.25, 0.3) is 0 Å². The largest absolute Gasteiger partial charge is 0.573 e. The van der Waals surface area contributed by atoms with Gasteiger partial charge in [0.15, 0.2) is 0 Å². The van der Waals surface area contributed by atoms with Crippen molar-refractivity contribution in [3.63, 3.8) is 0 Å². The Balaban J connectivity index is 1.68. The number of amides is 1. The summed E-state index contributed by atoms with van der Waals surface area (Å²) in [6.45, 7) is 2.52. The van der Waals surface area contributed by atoms with Crippen molar-refractivity contribution in [2.24, 2.45) is 0 Å². The number of likely N-dealkylation sites (tertiary alicyclic amines) is 1. The summed E-state index contributed by atoms with van der Waals surface area (Å²) in [7, 11) is 0. The van der Waals surface area contributed by atoms with E-state index in [-0.39, 0.29) is 24.0 Å². The van der Waals surface area contributed by atoms with E-state index in [1.165, 1.54) is 23.1 Å². The highest BCUT2D eigenvalue weighted by molar-refractivity contribution is 5.77. The molecular formula is C18H18F3N5O2. The van der Waals surface area contributed by atoms with Crippen LogP contribution in [0.5, 0.6) is 5.75 Å². The average Bonchev–Trinajstić information content (AvgIpc) is 3.21. The predicted molar refractivity (Wildman–Crippen MR) is 90.9 cm³/mol. The molecule has 0 saturated carbocycles. The van der Waals surface area contributed by atoms with Crippen LogP contribution in [0.1, 0.15) is 31.2 Å². The van der Waals surface area contributed by atoms with Crippen LogP contribution in [0.4, 0.5) is 13.2 Å². The van der Waals surface area contributed by atoms with Crippen molar-refractivity contribution >= 4 is 5.91 Å². The number of aromatic nitrogens is 3. The molecule has 1 aliphatic heterocycles. The summed E-state index contributed by atoms with van der Waals surface area (Å²) in [6, 6.07) is 7.50. The standard InChI is InChI=1S/C18H18F3N5O2/c1-17(9-13-3-5-14(6-4-13)28-18(19,20)21)7-2-8-26(17)16(27)11-25-12-23-15(10-22)24-25/h3-6,12H,2,7-9,11H2,1H3. The number of nitriles is 1. The van der Waals surface area contributed by atoms with Gasteiger partial charge in [-0.2, -0.15) is 5.26 Å². The first kappa shape index (κ1) is 19.7. The molecule has 1 unspecified atom stereocenters. The van der Waals surface area contributed by atoms with Gasteiger partial charge in [0.2, 0.25) is 5.91 Å². The molecule has 3 rings (SSSR count). The molecule has 10 heteroatoms. The molecule has 0 aliphatic carbocycles. The van der Waals surface area contributed by atoms with Gasteiger partial charge in [0.25, 0.3) is 5.82 Å². The molecule has 0 bridgehead atoms. The van der Waals surface area contributed by atoms with Gasteiger partial charge in [-0.25, -0.2) is 9.67 Å². The molecule has 1 amide bonds. The van der Waals surface area contributed by atoms with E-state index in [1.807, 2.05) is 13.0 Å². The SMILES string of the molecule is CC1(Cc2ccc(OC(F)(F)F)cc2)CCCN1C(=O)Cn1cnc(C#N)n1. The third kappa shape index (κ3) is 4.60. The fraction of sp³-hybridized carbons (Fsp3) is 0.444. The van der Waals surface area contributed by atoms with E-state index in [2.05, 4.69) is 14.8 Å². The lowest BCUT2D eigenvalue weighted by molar-refractivity contribution is -0.274. The predicted octanol–water partition coefficient (Wildman–Crippen LogP) is 2.67. The Morgan fingerprint density at radius 3 is 2.68 bits per heavy atom. The number of alkyl halides is 3. The van der Waals surface area contributed by atoms with Crippen LogP contribution in [-0.2, 0) is 17.8 Å². The summed E-state index contributed by atoms with van der Waals surface area (Å²) in [4.78, 5) is 18.3. The number of rotatable bonds is 5. The first-order valence-corrected chi connectivity index (χ1v) is 8.63. The average molecular weight is 393 g/mol. The fourth-order valence-corrected chi connectivity index (χ4v) is 3.53. The first-order valence-electron chi connectivity index (χ1n) is 8.63. The highest BCUT2D eigenvalue weighted by Gasteiger charge is 2.39. The summed E-state index contributed by atoms with van der Waals surface area (Å²) in [6.07, 6.45) is -1.28. The van der Waals surface area contributed by atoms with Gasteiger partial charge in [-0.15, -0.1) is 18.3 Å². The number of benzene rings is 1. The van der Waals surface area contributed by atoms with Gasteiger partial charge in [0, 0.05) is 12.1 Å². The van der Waals surface area contributed by atoms with Gasteiger partial charge in [-0.3, -0.25) is 4.79 Å². The molecule has 2 aromatic rings. The number of nitrogens with zero attached hydrogens (tertiary/aromatic N) is 5. The highest BCUT2D eigenvalue weighted by Crippen LogP contribution is 2.33. The fourth-order valence-electron chi connectivity index (χ4n) is 3.53.